The molecule has 2 heteroatoms. The highest BCUT2D eigenvalue weighted by atomic mass is 35.5. The van der Waals surface area contributed by atoms with Crippen LogP contribution in [-0.4, -0.2) is 0 Å². The zero-order valence-electron chi connectivity index (χ0n) is 9.40. The molecule has 0 spiro atoms. The van der Waals surface area contributed by atoms with Gasteiger partial charge < -0.3 is 4.74 Å². The van der Waals surface area contributed by atoms with Gasteiger partial charge in [0.1, 0.15) is 11.9 Å². The van der Waals surface area contributed by atoms with Crippen LogP contribution in [0.15, 0.2) is 48.5 Å². The molecule has 1 atom stereocenters. The third-order valence-electron chi connectivity index (χ3n) is 3.19. The van der Waals surface area contributed by atoms with Gasteiger partial charge >= 0.3 is 0 Å². The minimum absolute atomic E-state index is 0.113. The van der Waals surface area contributed by atoms with E-state index in [4.69, 9.17) is 16.3 Å². The van der Waals surface area contributed by atoms with Gasteiger partial charge in [-0.2, -0.15) is 0 Å². The minimum atomic E-state index is 0.113. The Balaban J connectivity index is 1.94. The summed E-state index contributed by atoms with van der Waals surface area (Å²) in [5.74, 6) is 1.54. The highest BCUT2D eigenvalue weighted by Crippen LogP contribution is 2.37. The topological polar surface area (TPSA) is 9.23 Å². The molecule has 2 aromatic carbocycles. The number of rotatable bonds is 2. The molecule has 1 unspecified atom stereocenters. The number of ether oxygens (including phenoxy) is 1. The van der Waals surface area contributed by atoms with Crippen molar-refractivity contribution in [2.24, 2.45) is 0 Å². The summed E-state index contributed by atoms with van der Waals surface area (Å²) in [5.41, 5.74) is 3.65. The van der Waals surface area contributed by atoms with Gasteiger partial charge in [0.05, 0.1) is 0 Å². The van der Waals surface area contributed by atoms with Crippen molar-refractivity contribution in [3.63, 3.8) is 0 Å². The first kappa shape index (κ1) is 10.7. The Kier molecular flexibility index (Phi) is 2.77. The van der Waals surface area contributed by atoms with Crippen molar-refractivity contribution in [2.45, 2.75) is 18.4 Å². The van der Waals surface area contributed by atoms with Crippen molar-refractivity contribution in [3.05, 3.63) is 65.2 Å². The van der Waals surface area contributed by atoms with Crippen molar-refractivity contribution >= 4 is 11.6 Å². The molecule has 1 heterocycles. The van der Waals surface area contributed by atoms with Gasteiger partial charge in [0.25, 0.3) is 0 Å². The lowest BCUT2D eigenvalue weighted by Gasteiger charge is -2.14. The molecule has 1 aliphatic heterocycles. The Hall–Kier alpha value is -1.47. The second kappa shape index (κ2) is 4.42. The number of alkyl halides is 1. The number of fused-ring (bicyclic) bond motifs is 1. The van der Waals surface area contributed by atoms with E-state index < -0.39 is 0 Å². The van der Waals surface area contributed by atoms with Crippen LogP contribution in [0.4, 0.5) is 0 Å². The maximum Gasteiger partial charge on any atom is 0.128 e. The Morgan fingerprint density at radius 2 is 1.82 bits per heavy atom. The van der Waals surface area contributed by atoms with Crippen LogP contribution < -0.4 is 4.74 Å². The van der Waals surface area contributed by atoms with Crippen LogP contribution >= 0.6 is 11.6 Å². The molecule has 86 valence electrons. The Morgan fingerprint density at radius 1 is 1.06 bits per heavy atom. The normalized spacial score (nSPS) is 17.6. The lowest BCUT2D eigenvalue weighted by Crippen LogP contribution is -2.05. The van der Waals surface area contributed by atoms with E-state index in [0.717, 1.165) is 17.7 Å². The van der Waals surface area contributed by atoms with Crippen molar-refractivity contribution in [1.29, 1.82) is 0 Å². The fourth-order valence-corrected chi connectivity index (χ4v) is 2.57. The first-order valence-electron chi connectivity index (χ1n) is 5.77. The average Bonchev–Trinajstić information content (AvgIpc) is 2.82. The van der Waals surface area contributed by atoms with Crippen LogP contribution in [0.5, 0.6) is 5.75 Å². The van der Waals surface area contributed by atoms with Crippen LogP contribution in [0.2, 0.25) is 0 Å². The summed E-state index contributed by atoms with van der Waals surface area (Å²) in [5, 5.41) is 0. The lowest BCUT2D eigenvalue weighted by atomic mass is 9.99. The molecule has 0 radical (unpaired) electrons. The fraction of sp³-hybridized carbons (Fsp3) is 0.200. The third kappa shape index (κ3) is 1.91. The Labute approximate surface area is 106 Å². The minimum Gasteiger partial charge on any atom is -0.485 e. The second-order valence-corrected chi connectivity index (χ2v) is 4.52. The summed E-state index contributed by atoms with van der Waals surface area (Å²) >= 11 is 5.97. The zero-order chi connectivity index (χ0) is 11.7. The summed E-state index contributed by atoms with van der Waals surface area (Å²) in [6.45, 7) is 0. The molecule has 0 amide bonds. The van der Waals surface area contributed by atoms with E-state index in [9.17, 15) is 0 Å². The highest BCUT2D eigenvalue weighted by Gasteiger charge is 2.25. The monoisotopic (exact) mass is 244 g/mol. The number of hydrogen-bond acceptors (Lipinski definition) is 1. The maximum absolute atomic E-state index is 5.98. The van der Waals surface area contributed by atoms with E-state index in [1.54, 1.807) is 0 Å². The highest BCUT2D eigenvalue weighted by molar-refractivity contribution is 6.17. The van der Waals surface area contributed by atoms with E-state index in [1.165, 1.54) is 11.1 Å². The van der Waals surface area contributed by atoms with Crippen molar-refractivity contribution in [1.82, 2.24) is 0 Å². The van der Waals surface area contributed by atoms with E-state index in [-0.39, 0.29) is 6.10 Å². The molecule has 1 nitrogen and oxygen atoms in total. The van der Waals surface area contributed by atoms with Crippen LogP contribution in [0, 0.1) is 0 Å². The molecular weight excluding hydrogens is 232 g/mol. The van der Waals surface area contributed by atoms with Crippen molar-refractivity contribution < 1.29 is 4.74 Å². The zero-order valence-corrected chi connectivity index (χ0v) is 10.2. The predicted octanol–water partition coefficient (Wildman–Crippen LogP) is 4.10. The predicted molar refractivity (Wildman–Crippen MR) is 69.5 cm³/mol. The summed E-state index contributed by atoms with van der Waals surface area (Å²) < 4.78 is 5.98. The van der Waals surface area contributed by atoms with Crippen LogP contribution in [0.3, 0.4) is 0 Å². The number of hydrogen-bond donors (Lipinski definition) is 0. The molecule has 0 aliphatic carbocycles. The van der Waals surface area contributed by atoms with Gasteiger partial charge in [0.15, 0.2) is 0 Å². The van der Waals surface area contributed by atoms with Crippen molar-refractivity contribution in [3.8, 4) is 5.75 Å². The van der Waals surface area contributed by atoms with E-state index in [0.29, 0.717) is 5.88 Å². The standard InChI is InChI=1S/C15H13ClO/c16-10-12-6-1-3-7-13(12)15-9-11-5-2-4-8-14(11)17-15/h1-8,15H,9-10H2. The molecule has 0 aromatic heterocycles. The average molecular weight is 245 g/mol. The SMILES string of the molecule is ClCc1ccccc1C1Cc2ccccc2O1. The van der Waals surface area contributed by atoms with Crippen molar-refractivity contribution in [2.75, 3.05) is 0 Å². The number of halogens is 1. The van der Waals surface area contributed by atoms with E-state index >= 15 is 0 Å². The fourth-order valence-electron chi connectivity index (χ4n) is 2.33. The van der Waals surface area contributed by atoms with Gasteiger partial charge in [-0.05, 0) is 22.8 Å². The molecule has 3 rings (SSSR count). The summed E-state index contributed by atoms with van der Waals surface area (Å²) in [6.07, 6.45) is 1.05. The van der Waals surface area contributed by atoms with E-state index in [1.807, 2.05) is 24.3 Å². The van der Waals surface area contributed by atoms with Gasteiger partial charge in [-0.3, -0.25) is 0 Å². The molecule has 0 bridgehead atoms. The maximum atomic E-state index is 5.98. The second-order valence-electron chi connectivity index (χ2n) is 4.25. The summed E-state index contributed by atoms with van der Waals surface area (Å²) in [7, 11) is 0. The molecule has 2 aromatic rings. The van der Waals surface area contributed by atoms with Crippen LogP contribution in [-0.2, 0) is 12.3 Å². The van der Waals surface area contributed by atoms with Gasteiger partial charge in [-0.15, -0.1) is 11.6 Å². The largest absolute Gasteiger partial charge is 0.485 e. The number of para-hydroxylation sites is 1. The van der Waals surface area contributed by atoms with E-state index in [2.05, 4.69) is 24.3 Å². The third-order valence-corrected chi connectivity index (χ3v) is 3.48. The van der Waals surface area contributed by atoms with Gasteiger partial charge in [-0.1, -0.05) is 42.5 Å². The molecule has 17 heavy (non-hydrogen) atoms. The van der Waals surface area contributed by atoms with Gasteiger partial charge in [0.2, 0.25) is 0 Å². The summed E-state index contributed by atoms with van der Waals surface area (Å²) in [6, 6.07) is 16.4. The van der Waals surface area contributed by atoms with Crippen LogP contribution in [0.1, 0.15) is 22.8 Å². The molecule has 0 fully saturated rings. The number of benzene rings is 2. The van der Waals surface area contributed by atoms with Crippen LogP contribution in [0.25, 0.3) is 0 Å². The first-order valence-corrected chi connectivity index (χ1v) is 6.30. The molecule has 0 saturated carbocycles. The Morgan fingerprint density at radius 3 is 2.65 bits per heavy atom. The smallest absolute Gasteiger partial charge is 0.128 e. The van der Waals surface area contributed by atoms with Gasteiger partial charge in [-0.25, -0.2) is 0 Å². The molecule has 1 aliphatic rings. The first-order chi connectivity index (χ1) is 8.38. The quantitative estimate of drug-likeness (QED) is 0.723. The molecular formula is C15H13ClO. The van der Waals surface area contributed by atoms with Gasteiger partial charge in [0, 0.05) is 12.3 Å². The molecule has 0 N–H and O–H groups in total. The molecule has 0 saturated heterocycles. The lowest BCUT2D eigenvalue weighted by molar-refractivity contribution is 0.238. The summed E-state index contributed by atoms with van der Waals surface area (Å²) in [4.78, 5) is 0. The Bertz CT molecular complexity index is 511.